The molecule has 7 nitrogen and oxygen atoms in total. The zero-order chi connectivity index (χ0) is 34.0. The monoisotopic (exact) mass is 639 g/mol. The van der Waals surface area contributed by atoms with Crippen molar-refractivity contribution >= 4 is 17.5 Å². The molecule has 0 saturated carbocycles. The highest BCUT2D eigenvalue weighted by Gasteiger charge is 2.37. The van der Waals surface area contributed by atoms with Crippen LogP contribution in [0.15, 0.2) is 78.9 Å². The van der Waals surface area contributed by atoms with Gasteiger partial charge in [-0.3, -0.25) is 14.9 Å². The Morgan fingerprint density at radius 2 is 1.66 bits per heavy atom. The first-order chi connectivity index (χ1) is 22.6. The van der Waals surface area contributed by atoms with Gasteiger partial charge < -0.3 is 20.4 Å². The lowest BCUT2D eigenvalue weighted by molar-refractivity contribution is -0.137. The number of anilines is 1. The molecule has 7 heteroatoms. The number of piperazine rings is 1. The molecule has 3 aliphatic rings. The van der Waals surface area contributed by atoms with Crippen molar-refractivity contribution in [3.8, 4) is 0 Å². The van der Waals surface area contributed by atoms with Gasteiger partial charge in [0.15, 0.2) is 0 Å². The van der Waals surface area contributed by atoms with E-state index in [0.29, 0.717) is 25.9 Å². The lowest BCUT2D eigenvalue weighted by Gasteiger charge is -2.40. The highest BCUT2D eigenvalue weighted by molar-refractivity contribution is 5.90. The van der Waals surface area contributed by atoms with E-state index in [1.54, 1.807) is 0 Å². The molecule has 254 valence electrons. The number of fused-ring (bicyclic) bond motifs is 1. The third-order valence-corrected chi connectivity index (χ3v) is 9.72. The summed E-state index contributed by atoms with van der Waals surface area (Å²) in [5, 5.41) is 9.75. The van der Waals surface area contributed by atoms with Gasteiger partial charge in [-0.1, -0.05) is 81.1 Å². The third kappa shape index (κ3) is 9.23. The molecule has 2 atom stereocenters. The Morgan fingerprint density at radius 1 is 0.979 bits per heavy atom. The molecule has 2 amide bonds. The summed E-state index contributed by atoms with van der Waals surface area (Å²) in [7, 11) is 0. The summed E-state index contributed by atoms with van der Waals surface area (Å²) in [5.41, 5.74) is 8.12. The summed E-state index contributed by atoms with van der Waals surface area (Å²) in [4.78, 5) is 32.1. The van der Waals surface area contributed by atoms with Crippen LogP contribution in [0.1, 0.15) is 69.2 Å². The summed E-state index contributed by atoms with van der Waals surface area (Å²) in [5.74, 6) is -0.175. The van der Waals surface area contributed by atoms with Crippen molar-refractivity contribution < 1.29 is 9.59 Å². The van der Waals surface area contributed by atoms with E-state index < -0.39 is 17.6 Å². The molecule has 0 spiro atoms. The molecule has 1 saturated heterocycles. The van der Waals surface area contributed by atoms with Gasteiger partial charge in [0.2, 0.25) is 11.8 Å². The van der Waals surface area contributed by atoms with Crippen molar-refractivity contribution in [2.24, 2.45) is 0 Å². The standard InChI is InChI=1S/C36H46N4O2.C4H11N/c1-6-27-24-31(38-36(4,5)30(27)7-2)34(41)37-32(23-26-17-15-25(3)16-18-26)35(42)40-21-19-39(20-22-40)33-14-10-12-28-11-8-9-13-29(28)33;1-3-5-4-2/h6-7,10,12,14-18,31-32,38H,1-2,8-9,11,13,19-24H2,3-5H3,(H,37,41);5H,3-4H2,1-2H3/t31?,32-;/m1./s1. The number of allylic oxidation sites excluding steroid dienone is 1. The molecule has 3 N–H and O–H groups in total. The quantitative estimate of drug-likeness (QED) is 0.312. The average molecular weight is 640 g/mol. The van der Waals surface area contributed by atoms with Gasteiger partial charge >= 0.3 is 0 Å². The molecule has 0 radical (unpaired) electrons. The molecule has 2 aromatic carbocycles. The number of carbonyl (C=O) groups excluding carboxylic acids is 2. The predicted molar refractivity (Wildman–Crippen MR) is 196 cm³/mol. The lowest BCUT2D eigenvalue weighted by atomic mass is 9.82. The van der Waals surface area contributed by atoms with Gasteiger partial charge in [0.05, 0.1) is 6.04 Å². The van der Waals surface area contributed by atoms with Crippen LogP contribution in [0.5, 0.6) is 0 Å². The number of nitrogens with one attached hydrogen (secondary N) is 3. The van der Waals surface area contributed by atoms with E-state index >= 15 is 0 Å². The molecule has 2 aromatic rings. The molecule has 0 bridgehead atoms. The summed E-state index contributed by atoms with van der Waals surface area (Å²) >= 11 is 0. The molecule has 1 unspecified atom stereocenters. The fourth-order valence-electron chi connectivity index (χ4n) is 7.16. The van der Waals surface area contributed by atoms with Crippen molar-refractivity contribution in [1.82, 2.24) is 20.9 Å². The Labute approximate surface area is 283 Å². The van der Waals surface area contributed by atoms with Crippen LogP contribution >= 0.6 is 0 Å². The molecular formula is C40H57N5O2. The number of aryl methyl sites for hydroxylation is 2. The second-order valence-electron chi connectivity index (χ2n) is 13.5. The maximum atomic E-state index is 14.0. The minimum Gasteiger partial charge on any atom is -0.368 e. The Balaban J connectivity index is 0.000000930. The highest BCUT2D eigenvalue weighted by atomic mass is 16.2. The van der Waals surface area contributed by atoms with Crippen molar-refractivity contribution in [1.29, 1.82) is 0 Å². The van der Waals surface area contributed by atoms with Crippen LogP contribution in [0.2, 0.25) is 0 Å². The predicted octanol–water partition coefficient (Wildman–Crippen LogP) is 5.67. The van der Waals surface area contributed by atoms with Crippen molar-refractivity contribution in [2.45, 2.75) is 90.8 Å². The summed E-state index contributed by atoms with van der Waals surface area (Å²) < 4.78 is 0. The smallest absolute Gasteiger partial charge is 0.245 e. The summed E-state index contributed by atoms with van der Waals surface area (Å²) in [6, 6.07) is 13.8. The highest BCUT2D eigenvalue weighted by Crippen LogP contribution is 2.32. The van der Waals surface area contributed by atoms with Gasteiger partial charge in [-0.2, -0.15) is 0 Å². The second-order valence-corrected chi connectivity index (χ2v) is 13.5. The van der Waals surface area contributed by atoms with Gasteiger partial charge in [0.25, 0.3) is 0 Å². The number of benzene rings is 2. The Bertz CT molecular complexity index is 1420. The SMILES string of the molecule is C=CC1=C(C=C)C(C)(C)NC(C(=O)N[C@H](Cc2ccc(C)cc2)C(=O)N2CCN(c3cccc4c3CCCC4)CC2)C1.CCNCC. The summed E-state index contributed by atoms with van der Waals surface area (Å²) in [6.07, 6.45) is 9.43. The normalized spacial score (nSPS) is 19.6. The maximum absolute atomic E-state index is 14.0. The van der Waals surface area contributed by atoms with Gasteiger partial charge in [-0.25, -0.2) is 0 Å². The minimum absolute atomic E-state index is 0.0139. The van der Waals surface area contributed by atoms with Crippen LogP contribution in [0.25, 0.3) is 0 Å². The van der Waals surface area contributed by atoms with Gasteiger partial charge in [-0.05, 0) is 99.9 Å². The Kier molecular flexibility index (Phi) is 13.0. The van der Waals surface area contributed by atoms with Crippen LogP contribution in [-0.4, -0.2) is 73.6 Å². The Hall–Kier alpha value is -3.68. The third-order valence-electron chi connectivity index (χ3n) is 9.72. The first-order valence-electron chi connectivity index (χ1n) is 17.6. The van der Waals surface area contributed by atoms with E-state index in [1.165, 1.54) is 35.2 Å². The van der Waals surface area contributed by atoms with E-state index in [1.807, 2.05) is 30.9 Å². The number of rotatable bonds is 10. The molecule has 47 heavy (non-hydrogen) atoms. The fourth-order valence-corrected chi connectivity index (χ4v) is 7.16. The molecule has 1 fully saturated rings. The number of carbonyl (C=O) groups is 2. The summed E-state index contributed by atoms with van der Waals surface area (Å²) in [6.45, 7) is 23.4. The van der Waals surface area contributed by atoms with Crippen LogP contribution in [-0.2, 0) is 28.9 Å². The fraction of sp³-hybridized carbons (Fsp3) is 0.500. The van der Waals surface area contributed by atoms with E-state index in [4.69, 9.17) is 0 Å². The second kappa shape index (κ2) is 16.9. The number of hydrogen-bond donors (Lipinski definition) is 3. The van der Waals surface area contributed by atoms with Crippen LogP contribution in [0.3, 0.4) is 0 Å². The molecule has 2 heterocycles. The van der Waals surface area contributed by atoms with Gasteiger partial charge in [0.1, 0.15) is 6.04 Å². The number of nitrogens with zero attached hydrogens (tertiary/aromatic N) is 2. The van der Waals surface area contributed by atoms with Crippen molar-refractivity contribution in [2.75, 3.05) is 44.2 Å². The van der Waals surface area contributed by atoms with Crippen LogP contribution in [0.4, 0.5) is 5.69 Å². The minimum atomic E-state index is -0.641. The van der Waals surface area contributed by atoms with Crippen molar-refractivity contribution in [3.05, 3.63) is 101 Å². The number of amides is 2. The Morgan fingerprint density at radius 3 is 2.28 bits per heavy atom. The van der Waals surface area contributed by atoms with E-state index in [9.17, 15) is 9.59 Å². The van der Waals surface area contributed by atoms with Crippen LogP contribution in [0, 0.1) is 6.92 Å². The maximum Gasteiger partial charge on any atom is 0.245 e. The van der Waals surface area contributed by atoms with Crippen LogP contribution < -0.4 is 20.9 Å². The van der Waals surface area contributed by atoms with E-state index in [2.05, 4.69) is 97.2 Å². The molecule has 1 aliphatic carbocycles. The average Bonchev–Trinajstić information content (AvgIpc) is 3.08. The topological polar surface area (TPSA) is 76.7 Å². The van der Waals surface area contributed by atoms with Gasteiger partial charge in [0, 0.05) is 43.8 Å². The largest absolute Gasteiger partial charge is 0.368 e. The van der Waals surface area contributed by atoms with Crippen molar-refractivity contribution in [3.63, 3.8) is 0 Å². The van der Waals surface area contributed by atoms with E-state index in [0.717, 1.165) is 55.7 Å². The number of hydrogen-bond acceptors (Lipinski definition) is 5. The molecular weight excluding hydrogens is 582 g/mol. The lowest BCUT2D eigenvalue weighted by Crippen LogP contribution is -2.60. The molecule has 0 aromatic heterocycles. The van der Waals surface area contributed by atoms with E-state index in [-0.39, 0.29) is 11.8 Å². The van der Waals surface area contributed by atoms with Gasteiger partial charge in [-0.15, -0.1) is 0 Å². The zero-order valence-corrected chi connectivity index (χ0v) is 29.5. The first-order valence-corrected chi connectivity index (χ1v) is 17.6. The zero-order valence-electron chi connectivity index (χ0n) is 29.5. The molecule has 2 aliphatic heterocycles. The molecule has 5 rings (SSSR count). The first kappa shape index (κ1) is 36.2.